The molecule has 0 spiro atoms. The van der Waals surface area contributed by atoms with Crippen LogP contribution in [0.5, 0.6) is 0 Å². The minimum Gasteiger partial charge on any atom is -0.389 e. The number of aliphatic hydroxyl groups excluding tert-OH is 1. The fraction of sp³-hybridized carbons (Fsp3) is 0.600. The van der Waals surface area contributed by atoms with Gasteiger partial charge in [0.2, 0.25) is 9.84 Å². The van der Waals surface area contributed by atoms with Crippen molar-refractivity contribution in [3.8, 4) is 0 Å². The molecule has 0 amide bonds. The van der Waals surface area contributed by atoms with Gasteiger partial charge in [0.25, 0.3) is 0 Å². The molecule has 1 aromatic carbocycles. The first-order valence-electron chi connectivity index (χ1n) is 6.97. The molecule has 0 radical (unpaired) electrons. The van der Waals surface area contributed by atoms with Crippen LogP contribution in [0.3, 0.4) is 0 Å². The van der Waals surface area contributed by atoms with Gasteiger partial charge in [-0.25, -0.2) is 8.42 Å². The summed E-state index contributed by atoms with van der Waals surface area (Å²) >= 11 is 0. The van der Waals surface area contributed by atoms with Gasteiger partial charge in [0.05, 0.1) is 11.5 Å². The van der Waals surface area contributed by atoms with E-state index in [1.54, 1.807) is 24.3 Å². The van der Waals surface area contributed by atoms with Crippen molar-refractivity contribution >= 4 is 9.84 Å². The summed E-state index contributed by atoms with van der Waals surface area (Å²) in [6.45, 7) is 6.10. The third kappa shape index (κ3) is 2.38. The van der Waals surface area contributed by atoms with Crippen molar-refractivity contribution < 1.29 is 18.3 Å². The Hall–Kier alpha value is -0.910. The summed E-state index contributed by atoms with van der Waals surface area (Å²) in [5.41, 5.74) is -0.624. The molecule has 2 atom stereocenters. The van der Waals surface area contributed by atoms with E-state index >= 15 is 0 Å². The fourth-order valence-electron chi connectivity index (χ4n) is 2.71. The first-order valence-corrected chi connectivity index (χ1v) is 8.52. The lowest BCUT2D eigenvalue weighted by Gasteiger charge is -2.29. The topological polar surface area (TPSA) is 63.6 Å². The molecular formula is C15H22O4S. The zero-order chi connectivity index (χ0) is 15.0. The van der Waals surface area contributed by atoms with Gasteiger partial charge < -0.3 is 9.84 Å². The normalized spacial score (nSPS) is 25.8. The van der Waals surface area contributed by atoms with E-state index in [9.17, 15) is 13.5 Å². The standard InChI is InChI=1S/C15H22O4S/c1-4-15(5-2)10-19-14(13(15)16)20(17,18)12-8-6-11(3)7-9-12/h6-9,13-14,16H,4-5,10H2,1-3H3/t13-,14-/m1/s1. The van der Waals surface area contributed by atoms with Gasteiger partial charge in [-0.05, 0) is 31.9 Å². The first-order chi connectivity index (χ1) is 9.37. The Bertz CT molecular complexity index is 558. The summed E-state index contributed by atoms with van der Waals surface area (Å²) in [4.78, 5) is 0.204. The lowest BCUT2D eigenvalue weighted by molar-refractivity contribution is 0.0530. The van der Waals surface area contributed by atoms with E-state index in [2.05, 4.69) is 0 Å². The number of benzene rings is 1. The summed E-state index contributed by atoms with van der Waals surface area (Å²) in [6.07, 6.45) is 0.415. The summed E-state index contributed by atoms with van der Waals surface area (Å²) in [5, 5.41) is 10.4. The van der Waals surface area contributed by atoms with Gasteiger partial charge in [-0.15, -0.1) is 0 Å². The summed E-state index contributed by atoms with van der Waals surface area (Å²) in [6, 6.07) is 6.64. The minimum atomic E-state index is -3.67. The Labute approximate surface area is 120 Å². The SMILES string of the molecule is CCC1(CC)CO[C@H](S(=O)(=O)c2ccc(C)cc2)[C@H]1O. The molecule has 20 heavy (non-hydrogen) atoms. The smallest absolute Gasteiger partial charge is 0.207 e. The Morgan fingerprint density at radius 3 is 2.25 bits per heavy atom. The highest BCUT2D eigenvalue weighted by Gasteiger charge is 2.52. The van der Waals surface area contributed by atoms with Crippen molar-refractivity contribution in [2.24, 2.45) is 5.41 Å². The highest BCUT2D eigenvalue weighted by atomic mass is 32.2. The maximum atomic E-state index is 12.6. The van der Waals surface area contributed by atoms with Crippen molar-refractivity contribution in [3.05, 3.63) is 29.8 Å². The van der Waals surface area contributed by atoms with Crippen LogP contribution in [0.4, 0.5) is 0 Å². The third-order valence-corrected chi connectivity index (χ3v) is 6.42. The fourth-order valence-corrected chi connectivity index (χ4v) is 4.37. The second kappa shape index (κ2) is 5.47. The van der Waals surface area contributed by atoms with E-state index < -0.39 is 26.8 Å². The predicted molar refractivity (Wildman–Crippen MR) is 77.1 cm³/mol. The second-order valence-corrected chi connectivity index (χ2v) is 7.58. The quantitative estimate of drug-likeness (QED) is 0.926. The molecule has 1 aromatic rings. The third-order valence-electron chi connectivity index (χ3n) is 4.48. The lowest BCUT2D eigenvalue weighted by Crippen LogP contribution is -2.40. The first kappa shape index (κ1) is 15.5. The number of ether oxygens (including phenoxy) is 1. The van der Waals surface area contributed by atoms with Crippen molar-refractivity contribution in [1.82, 2.24) is 0 Å². The Kier molecular flexibility index (Phi) is 4.23. The second-order valence-electron chi connectivity index (χ2n) is 5.55. The number of hydrogen-bond acceptors (Lipinski definition) is 4. The van der Waals surface area contributed by atoms with Gasteiger partial charge in [0.15, 0.2) is 5.44 Å². The molecule has 0 bridgehead atoms. The van der Waals surface area contributed by atoms with Crippen LogP contribution in [-0.2, 0) is 14.6 Å². The molecule has 4 nitrogen and oxygen atoms in total. The molecule has 112 valence electrons. The van der Waals surface area contributed by atoms with Gasteiger partial charge in [-0.1, -0.05) is 31.5 Å². The number of sulfone groups is 1. The molecule has 1 heterocycles. The summed E-state index contributed by atoms with van der Waals surface area (Å²) in [5.74, 6) is 0. The average Bonchev–Trinajstić information content (AvgIpc) is 2.77. The highest BCUT2D eigenvalue weighted by molar-refractivity contribution is 7.92. The van der Waals surface area contributed by atoms with E-state index in [1.165, 1.54) is 0 Å². The Morgan fingerprint density at radius 1 is 1.25 bits per heavy atom. The van der Waals surface area contributed by atoms with Crippen LogP contribution < -0.4 is 0 Å². The van der Waals surface area contributed by atoms with Gasteiger partial charge in [-0.3, -0.25) is 0 Å². The summed E-state index contributed by atoms with van der Waals surface area (Å²) < 4.78 is 30.7. The number of aryl methyl sites for hydroxylation is 1. The van der Waals surface area contributed by atoms with Gasteiger partial charge in [-0.2, -0.15) is 0 Å². The van der Waals surface area contributed by atoms with Crippen LogP contribution >= 0.6 is 0 Å². The molecule has 0 unspecified atom stereocenters. The van der Waals surface area contributed by atoms with E-state index in [4.69, 9.17) is 4.74 Å². The van der Waals surface area contributed by atoms with Crippen LogP contribution in [0.15, 0.2) is 29.2 Å². The molecule has 2 rings (SSSR count). The van der Waals surface area contributed by atoms with Gasteiger partial charge >= 0.3 is 0 Å². The molecule has 5 heteroatoms. The van der Waals surface area contributed by atoms with E-state index in [1.807, 2.05) is 20.8 Å². The van der Waals surface area contributed by atoms with Crippen molar-refractivity contribution in [2.45, 2.75) is 50.0 Å². The Morgan fingerprint density at radius 2 is 1.80 bits per heavy atom. The zero-order valence-electron chi connectivity index (χ0n) is 12.2. The number of rotatable bonds is 4. The van der Waals surface area contributed by atoms with Crippen LogP contribution in [0, 0.1) is 12.3 Å². The molecule has 1 aliphatic heterocycles. The number of aliphatic hydroxyl groups is 1. The number of hydrogen-bond donors (Lipinski definition) is 1. The Balaban J connectivity index is 2.34. The molecule has 1 aliphatic rings. The van der Waals surface area contributed by atoms with E-state index in [0.29, 0.717) is 12.8 Å². The maximum Gasteiger partial charge on any atom is 0.207 e. The van der Waals surface area contributed by atoms with Crippen molar-refractivity contribution in [2.75, 3.05) is 6.61 Å². The van der Waals surface area contributed by atoms with Crippen LogP contribution in [-0.4, -0.2) is 31.7 Å². The molecule has 0 aromatic heterocycles. The summed E-state index contributed by atoms with van der Waals surface area (Å²) in [7, 11) is -3.67. The van der Waals surface area contributed by atoms with Crippen molar-refractivity contribution in [1.29, 1.82) is 0 Å². The molecular weight excluding hydrogens is 276 g/mol. The monoisotopic (exact) mass is 298 g/mol. The molecule has 0 saturated carbocycles. The predicted octanol–water partition coefficient (Wildman–Crippen LogP) is 2.29. The van der Waals surface area contributed by atoms with Gasteiger partial charge in [0, 0.05) is 5.41 Å². The van der Waals surface area contributed by atoms with Crippen LogP contribution in [0.1, 0.15) is 32.3 Å². The molecule has 1 N–H and O–H groups in total. The highest BCUT2D eigenvalue weighted by Crippen LogP contribution is 2.42. The zero-order valence-corrected chi connectivity index (χ0v) is 13.0. The van der Waals surface area contributed by atoms with E-state index in [0.717, 1.165) is 5.56 Å². The largest absolute Gasteiger partial charge is 0.389 e. The van der Waals surface area contributed by atoms with Gasteiger partial charge in [0.1, 0.15) is 6.10 Å². The molecule has 0 aliphatic carbocycles. The van der Waals surface area contributed by atoms with E-state index in [-0.39, 0.29) is 11.5 Å². The molecule has 1 fully saturated rings. The lowest BCUT2D eigenvalue weighted by atomic mass is 9.80. The molecule has 1 saturated heterocycles. The van der Waals surface area contributed by atoms with Crippen molar-refractivity contribution in [3.63, 3.8) is 0 Å². The minimum absolute atomic E-state index is 0.204. The van der Waals surface area contributed by atoms with Crippen LogP contribution in [0.2, 0.25) is 0 Å². The van der Waals surface area contributed by atoms with Crippen LogP contribution in [0.25, 0.3) is 0 Å². The maximum absolute atomic E-state index is 12.6. The average molecular weight is 298 g/mol.